The van der Waals surface area contributed by atoms with Gasteiger partial charge in [0, 0.05) is 12.6 Å². The van der Waals surface area contributed by atoms with Gasteiger partial charge in [-0.05, 0) is 26.3 Å². The molecule has 1 heterocycles. The van der Waals surface area contributed by atoms with Crippen LogP contribution in [0, 0.1) is 0 Å². The van der Waals surface area contributed by atoms with E-state index in [2.05, 4.69) is 10.2 Å². The van der Waals surface area contributed by atoms with Gasteiger partial charge < -0.3 is 10.2 Å². The van der Waals surface area contributed by atoms with Gasteiger partial charge in [0.2, 0.25) is 5.91 Å². The number of hydrogen-bond acceptors (Lipinski definition) is 2. The van der Waals surface area contributed by atoms with Crippen molar-refractivity contribution in [3.8, 4) is 0 Å². The molecule has 2 fully saturated rings. The molecule has 0 spiro atoms. The largest absolute Gasteiger partial charge is 0.338 e. The SMILES string of the molecule is CNC1CCN(C2CCCCCC2)C1=O. The highest BCUT2D eigenvalue weighted by molar-refractivity contribution is 5.84. The highest BCUT2D eigenvalue weighted by atomic mass is 16.2. The minimum Gasteiger partial charge on any atom is -0.338 e. The third-order valence-electron chi connectivity index (χ3n) is 3.85. The van der Waals surface area contributed by atoms with E-state index in [1.165, 1.54) is 38.5 Å². The molecule has 0 aromatic carbocycles. The first-order valence-corrected chi connectivity index (χ1v) is 6.30. The molecule has 0 aromatic heterocycles. The fraction of sp³-hybridized carbons (Fsp3) is 0.917. The molecular weight excluding hydrogens is 188 g/mol. The molecule has 0 bridgehead atoms. The number of carbonyl (C=O) groups is 1. The maximum atomic E-state index is 12.0. The molecule has 1 saturated carbocycles. The van der Waals surface area contributed by atoms with Crippen LogP contribution in [0.2, 0.25) is 0 Å². The van der Waals surface area contributed by atoms with Gasteiger partial charge in [-0.25, -0.2) is 0 Å². The normalized spacial score (nSPS) is 29.5. The maximum Gasteiger partial charge on any atom is 0.240 e. The van der Waals surface area contributed by atoms with Gasteiger partial charge in [0.15, 0.2) is 0 Å². The summed E-state index contributed by atoms with van der Waals surface area (Å²) in [6.07, 6.45) is 8.76. The third kappa shape index (κ3) is 2.33. The molecule has 1 unspecified atom stereocenters. The number of likely N-dealkylation sites (tertiary alicyclic amines) is 1. The van der Waals surface area contributed by atoms with E-state index in [0.717, 1.165) is 13.0 Å². The molecular formula is C12H22N2O. The van der Waals surface area contributed by atoms with Crippen molar-refractivity contribution >= 4 is 5.91 Å². The van der Waals surface area contributed by atoms with Crippen molar-refractivity contribution in [2.24, 2.45) is 0 Å². The van der Waals surface area contributed by atoms with Gasteiger partial charge in [0.1, 0.15) is 0 Å². The van der Waals surface area contributed by atoms with Gasteiger partial charge in [-0.15, -0.1) is 0 Å². The van der Waals surface area contributed by atoms with Crippen LogP contribution in [0.25, 0.3) is 0 Å². The van der Waals surface area contributed by atoms with Crippen molar-refractivity contribution in [1.29, 1.82) is 0 Å². The van der Waals surface area contributed by atoms with Crippen molar-refractivity contribution in [1.82, 2.24) is 10.2 Å². The lowest BCUT2D eigenvalue weighted by atomic mass is 10.1. The Bertz CT molecular complexity index is 222. The molecule has 1 N–H and O–H groups in total. The van der Waals surface area contributed by atoms with E-state index in [1.807, 2.05) is 7.05 Å². The average Bonchev–Trinajstić information content (AvgIpc) is 2.49. The molecule has 3 heteroatoms. The predicted octanol–water partition coefficient (Wildman–Crippen LogP) is 1.53. The molecule has 3 nitrogen and oxygen atoms in total. The molecule has 1 atom stereocenters. The predicted molar refractivity (Wildman–Crippen MR) is 60.7 cm³/mol. The monoisotopic (exact) mass is 210 g/mol. The summed E-state index contributed by atoms with van der Waals surface area (Å²) in [5.41, 5.74) is 0. The van der Waals surface area contributed by atoms with Crippen molar-refractivity contribution < 1.29 is 4.79 Å². The Labute approximate surface area is 92.2 Å². The second-order valence-electron chi connectivity index (χ2n) is 4.81. The van der Waals surface area contributed by atoms with E-state index in [-0.39, 0.29) is 6.04 Å². The molecule has 2 aliphatic rings. The Morgan fingerprint density at radius 2 is 1.80 bits per heavy atom. The lowest BCUT2D eigenvalue weighted by Gasteiger charge is -2.27. The smallest absolute Gasteiger partial charge is 0.240 e. The van der Waals surface area contributed by atoms with Gasteiger partial charge in [-0.3, -0.25) is 4.79 Å². The topological polar surface area (TPSA) is 32.3 Å². The second kappa shape index (κ2) is 4.97. The van der Waals surface area contributed by atoms with Crippen LogP contribution in [0.15, 0.2) is 0 Å². The maximum absolute atomic E-state index is 12.0. The van der Waals surface area contributed by atoms with Crippen molar-refractivity contribution in [2.75, 3.05) is 13.6 Å². The standard InChI is InChI=1S/C12H22N2O/c1-13-11-8-9-14(12(11)15)10-6-4-2-3-5-7-10/h10-11,13H,2-9H2,1H3. The van der Waals surface area contributed by atoms with Gasteiger partial charge in [-0.2, -0.15) is 0 Å². The van der Waals surface area contributed by atoms with E-state index < -0.39 is 0 Å². The molecule has 1 amide bonds. The van der Waals surface area contributed by atoms with Gasteiger partial charge >= 0.3 is 0 Å². The van der Waals surface area contributed by atoms with Crippen molar-refractivity contribution in [3.05, 3.63) is 0 Å². The summed E-state index contributed by atoms with van der Waals surface area (Å²) in [6, 6.07) is 0.631. The van der Waals surface area contributed by atoms with Crippen LogP contribution >= 0.6 is 0 Å². The number of nitrogens with one attached hydrogen (secondary N) is 1. The summed E-state index contributed by atoms with van der Waals surface area (Å²) >= 11 is 0. The van der Waals surface area contributed by atoms with E-state index in [9.17, 15) is 4.79 Å². The van der Waals surface area contributed by atoms with Crippen LogP contribution in [-0.2, 0) is 4.79 Å². The molecule has 86 valence electrons. The van der Waals surface area contributed by atoms with Crippen LogP contribution in [0.3, 0.4) is 0 Å². The van der Waals surface area contributed by atoms with E-state index >= 15 is 0 Å². The zero-order valence-corrected chi connectivity index (χ0v) is 9.67. The summed E-state index contributed by atoms with van der Waals surface area (Å²) in [5, 5.41) is 3.11. The van der Waals surface area contributed by atoms with Crippen molar-refractivity contribution in [2.45, 2.75) is 57.0 Å². The fourth-order valence-corrected chi connectivity index (χ4v) is 2.90. The Kier molecular flexibility index (Phi) is 3.62. The van der Waals surface area contributed by atoms with E-state index in [4.69, 9.17) is 0 Å². The lowest BCUT2D eigenvalue weighted by Crippen LogP contribution is -2.41. The second-order valence-corrected chi connectivity index (χ2v) is 4.81. The Morgan fingerprint density at radius 3 is 2.33 bits per heavy atom. The summed E-state index contributed by atoms with van der Waals surface area (Å²) in [5.74, 6) is 0.337. The zero-order valence-electron chi connectivity index (χ0n) is 9.67. The van der Waals surface area contributed by atoms with Crippen LogP contribution < -0.4 is 5.32 Å². The summed E-state index contributed by atoms with van der Waals surface area (Å²) < 4.78 is 0. The molecule has 1 aliphatic heterocycles. The lowest BCUT2D eigenvalue weighted by molar-refractivity contribution is -0.131. The summed E-state index contributed by atoms with van der Waals surface area (Å²) in [4.78, 5) is 14.1. The fourth-order valence-electron chi connectivity index (χ4n) is 2.90. The number of amides is 1. The molecule has 1 saturated heterocycles. The number of hydrogen-bond donors (Lipinski definition) is 1. The van der Waals surface area contributed by atoms with Gasteiger partial charge in [0.05, 0.1) is 6.04 Å². The highest BCUT2D eigenvalue weighted by Gasteiger charge is 2.34. The molecule has 1 aliphatic carbocycles. The van der Waals surface area contributed by atoms with Gasteiger partial charge in [0.25, 0.3) is 0 Å². The average molecular weight is 210 g/mol. The number of rotatable bonds is 2. The molecule has 2 rings (SSSR count). The first-order valence-electron chi connectivity index (χ1n) is 6.30. The summed E-state index contributed by atoms with van der Waals surface area (Å²) in [6.45, 7) is 0.967. The number of likely N-dealkylation sites (N-methyl/N-ethyl adjacent to an activating group) is 1. The zero-order chi connectivity index (χ0) is 10.7. The van der Waals surface area contributed by atoms with E-state index in [1.54, 1.807) is 0 Å². The molecule has 0 radical (unpaired) electrons. The Morgan fingerprint density at radius 1 is 1.13 bits per heavy atom. The third-order valence-corrected chi connectivity index (χ3v) is 3.85. The van der Waals surface area contributed by atoms with Crippen LogP contribution in [0.1, 0.15) is 44.9 Å². The first-order chi connectivity index (χ1) is 7.33. The minimum atomic E-state index is 0.0910. The van der Waals surface area contributed by atoms with E-state index in [0.29, 0.717) is 11.9 Å². The minimum absolute atomic E-state index is 0.0910. The van der Waals surface area contributed by atoms with Crippen LogP contribution in [0.4, 0.5) is 0 Å². The van der Waals surface area contributed by atoms with Crippen LogP contribution in [-0.4, -0.2) is 36.5 Å². The first kappa shape index (κ1) is 10.9. The Balaban J connectivity index is 1.95. The number of nitrogens with zero attached hydrogens (tertiary/aromatic N) is 1. The quantitative estimate of drug-likeness (QED) is 0.701. The highest BCUT2D eigenvalue weighted by Crippen LogP contribution is 2.25. The van der Waals surface area contributed by atoms with Crippen LogP contribution in [0.5, 0.6) is 0 Å². The Hall–Kier alpha value is -0.570. The molecule has 0 aromatic rings. The number of carbonyl (C=O) groups excluding carboxylic acids is 1. The summed E-state index contributed by atoms with van der Waals surface area (Å²) in [7, 11) is 1.89. The van der Waals surface area contributed by atoms with Crippen molar-refractivity contribution in [3.63, 3.8) is 0 Å². The molecule has 15 heavy (non-hydrogen) atoms. The van der Waals surface area contributed by atoms with Gasteiger partial charge in [-0.1, -0.05) is 25.7 Å².